The van der Waals surface area contributed by atoms with Gasteiger partial charge in [0, 0.05) is 48.6 Å². The highest BCUT2D eigenvalue weighted by Crippen LogP contribution is 2.28. The molecule has 0 saturated heterocycles. The number of nitrogens with zero attached hydrogens (tertiary/aromatic N) is 2. The third-order valence-electron chi connectivity index (χ3n) is 4.79. The SMILES string of the molecule is COC(=O)Cc1c(C(=O)c2nccn2COCC[Si](C)(C)C)[nH]c2ccc(Cl)cc12. The molecule has 0 fully saturated rings. The number of ether oxygens (including phenoxy) is 2. The van der Waals surface area contributed by atoms with Gasteiger partial charge in [-0.05, 0) is 24.2 Å². The molecule has 0 aliphatic rings. The van der Waals surface area contributed by atoms with Gasteiger partial charge < -0.3 is 19.0 Å². The molecule has 0 spiro atoms. The van der Waals surface area contributed by atoms with Crippen LogP contribution in [-0.2, 0) is 27.4 Å². The Morgan fingerprint density at radius 1 is 1.27 bits per heavy atom. The molecule has 160 valence electrons. The molecule has 0 radical (unpaired) electrons. The molecule has 1 N–H and O–H groups in total. The van der Waals surface area contributed by atoms with Crippen molar-refractivity contribution < 1.29 is 19.1 Å². The summed E-state index contributed by atoms with van der Waals surface area (Å²) in [6, 6.07) is 6.27. The number of methoxy groups -OCH3 is 1. The van der Waals surface area contributed by atoms with E-state index < -0.39 is 14.0 Å². The van der Waals surface area contributed by atoms with Gasteiger partial charge in [-0.2, -0.15) is 0 Å². The molecule has 0 unspecified atom stereocenters. The van der Waals surface area contributed by atoms with E-state index in [-0.39, 0.29) is 24.8 Å². The second kappa shape index (κ2) is 9.16. The fraction of sp³-hybridized carbons (Fsp3) is 0.381. The summed E-state index contributed by atoms with van der Waals surface area (Å²) in [6.45, 7) is 7.73. The first-order valence-corrected chi connectivity index (χ1v) is 13.8. The number of esters is 1. The van der Waals surface area contributed by atoms with Crippen molar-refractivity contribution in [3.63, 3.8) is 0 Å². The van der Waals surface area contributed by atoms with E-state index in [2.05, 4.69) is 29.6 Å². The lowest BCUT2D eigenvalue weighted by molar-refractivity contribution is -0.139. The smallest absolute Gasteiger partial charge is 0.310 e. The molecule has 0 aliphatic heterocycles. The van der Waals surface area contributed by atoms with E-state index in [0.717, 1.165) is 6.04 Å². The van der Waals surface area contributed by atoms with Gasteiger partial charge in [0.05, 0.1) is 19.2 Å². The molecule has 3 rings (SSSR count). The van der Waals surface area contributed by atoms with E-state index in [0.29, 0.717) is 33.8 Å². The van der Waals surface area contributed by atoms with E-state index in [4.69, 9.17) is 21.1 Å². The Labute approximate surface area is 181 Å². The first-order valence-electron chi connectivity index (χ1n) is 9.70. The fourth-order valence-electron chi connectivity index (χ4n) is 3.09. The summed E-state index contributed by atoms with van der Waals surface area (Å²) >= 11 is 6.13. The van der Waals surface area contributed by atoms with Crippen LogP contribution in [0.25, 0.3) is 10.9 Å². The molecule has 0 saturated carbocycles. The third-order valence-corrected chi connectivity index (χ3v) is 6.73. The third kappa shape index (κ3) is 5.19. The summed E-state index contributed by atoms with van der Waals surface area (Å²) in [6.07, 6.45) is 3.22. The minimum absolute atomic E-state index is 0.0503. The molecule has 2 heterocycles. The Balaban J connectivity index is 1.89. The molecular formula is C21H26ClN3O4Si. The Morgan fingerprint density at radius 2 is 2.03 bits per heavy atom. The van der Waals surface area contributed by atoms with Crippen LogP contribution in [0.3, 0.4) is 0 Å². The number of aromatic nitrogens is 3. The molecule has 30 heavy (non-hydrogen) atoms. The zero-order valence-corrected chi connectivity index (χ0v) is 19.4. The second-order valence-corrected chi connectivity index (χ2v) is 14.4. The molecule has 3 aromatic rings. The van der Waals surface area contributed by atoms with Crippen molar-refractivity contribution >= 4 is 42.3 Å². The van der Waals surface area contributed by atoms with Crippen molar-refractivity contribution in [3.05, 3.63) is 52.7 Å². The number of carbonyl (C=O) groups excluding carboxylic acids is 2. The first kappa shape index (κ1) is 22.3. The van der Waals surface area contributed by atoms with E-state index in [1.54, 1.807) is 35.2 Å². The van der Waals surface area contributed by atoms with E-state index in [1.807, 2.05) is 0 Å². The summed E-state index contributed by atoms with van der Waals surface area (Å²) in [7, 11) is 0.121. The molecule has 0 aliphatic carbocycles. The Hall–Kier alpha value is -2.42. The molecule has 0 amide bonds. The number of imidazole rings is 1. The van der Waals surface area contributed by atoms with Crippen LogP contribution in [0.4, 0.5) is 0 Å². The van der Waals surface area contributed by atoms with Crippen LogP contribution < -0.4 is 0 Å². The minimum Gasteiger partial charge on any atom is -0.469 e. The van der Waals surface area contributed by atoms with Gasteiger partial charge in [0.25, 0.3) is 0 Å². The summed E-state index contributed by atoms with van der Waals surface area (Å²) in [4.78, 5) is 32.6. The normalized spacial score (nSPS) is 11.8. The highest BCUT2D eigenvalue weighted by atomic mass is 35.5. The number of H-pyrrole nitrogens is 1. The van der Waals surface area contributed by atoms with Gasteiger partial charge >= 0.3 is 5.97 Å². The van der Waals surface area contributed by atoms with Gasteiger partial charge in [-0.25, -0.2) is 4.98 Å². The molecule has 2 aromatic heterocycles. The predicted molar refractivity (Wildman–Crippen MR) is 119 cm³/mol. The van der Waals surface area contributed by atoms with Crippen LogP contribution in [0.15, 0.2) is 30.6 Å². The van der Waals surface area contributed by atoms with Crippen LogP contribution in [0.2, 0.25) is 30.7 Å². The lowest BCUT2D eigenvalue weighted by Crippen LogP contribution is -2.22. The van der Waals surface area contributed by atoms with Crippen molar-refractivity contribution in [2.45, 2.75) is 38.8 Å². The van der Waals surface area contributed by atoms with Crippen LogP contribution in [0.1, 0.15) is 21.9 Å². The number of ketones is 1. The van der Waals surface area contributed by atoms with Gasteiger partial charge in [0.1, 0.15) is 6.73 Å². The zero-order chi connectivity index (χ0) is 21.9. The van der Waals surface area contributed by atoms with Crippen molar-refractivity contribution in [1.29, 1.82) is 0 Å². The van der Waals surface area contributed by atoms with Crippen molar-refractivity contribution in [2.24, 2.45) is 0 Å². The van der Waals surface area contributed by atoms with Crippen LogP contribution in [0.5, 0.6) is 0 Å². The Morgan fingerprint density at radius 3 is 2.73 bits per heavy atom. The summed E-state index contributed by atoms with van der Waals surface area (Å²) in [5, 5.41) is 1.23. The van der Waals surface area contributed by atoms with Crippen molar-refractivity contribution in [1.82, 2.24) is 14.5 Å². The monoisotopic (exact) mass is 447 g/mol. The van der Waals surface area contributed by atoms with Crippen LogP contribution >= 0.6 is 11.6 Å². The second-order valence-electron chi connectivity index (χ2n) is 8.32. The minimum atomic E-state index is -1.19. The standard InChI is InChI=1S/C21H26ClN3O4Si/c1-28-18(26)12-16-15-11-14(22)5-6-17(15)24-19(16)20(27)21-23-7-8-25(21)13-29-9-10-30(2,3)4/h5-8,11,24H,9-10,12-13H2,1-4H3. The van der Waals surface area contributed by atoms with Crippen LogP contribution in [0, 0.1) is 0 Å². The number of benzene rings is 1. The molecule has 9 heteroatoms. The topological polar surface area (TPSA) is 86.2 Å². The van der Waals surface area contributed by atoms with Gasteiger partial charge in [-0.15, -0.1) is 0 Å². The largest absolute Gasteiger partial charge is 0.469 e. The molecule has 0 atom stereocenters. The quantitative estimate of drug-likeness (QED) is 0.229. The number of nitrogens with one attached hydrogen (secondary N) is 1. The van der Waals surface area contributed by atoms with Gasteiger partial charge in [-0.1, -0.05) is 31.2 Å². The number of hydrogen-bond donors (Lipinski definition) is 1. The number of hydrogen-bond acceptors (Lipinski definition) is 5. The maximum Gasteiger partial charge on any atom is 0.310 e. The Bertz CT molecular complexity index is 1070. The molecule has 0 bridgehead atoms. The lowest BCUT2D eigenvalue weighted by Gasteiger charge is -2.16. The number of carbonyl (C=O) groups is 2. The molecular weight excluding hydrogens is 422 g/mol. The summed E-state index contributed by atoms with van der Waals surface area (Å²) in [5.41, 5.74) is 1.55. The first-order chi connectivity index (χ1) is 14.2. The maximum absolute atomic E-state index is 13.3. The van der Waals surface area contributed by atoms with Crippen molar-refractivity contribution in [3.8, 4) is 0 Å². The van der Waals surface area contributed by atoms with Gasteiger partial charge in [0.15, 0.2) is 5.82 Å². The molecule has 1 aromatic carbocycles. The highest BCUT2D eigenvalue weighted by Gasteiger charge is 2.24. The summed E-state index contributed by atoms with van der Waals surface area (Å²) in [5.74, 6) is -0.519. The number of aromatic amines is 1. The highest BCUT2D eigenvalue weighted by molar-refractivity contribution is 6.76. The van der Waals surface area contributed by atoms with E-state index in [9.17, 15) is 9.59 Å². The average Bonchev–Trinajstić information content (AvgIpc) is 3.29. The fourth-order valence-corrected chi connectivity index (χ4v) is 4.02. The number of halogens is 1. The lowest BCUT2D eigenvalue weighted by atomic mass is 10.0. The van der Waals surface area contributed by atoms with Crippen LogP contribution in [-0.4, -0.2) is 48.1 Å². The van der Waals surface area contributed by atoms with E-state index >= 15 is 0 Å². The van der Waals surface area contributed by atoms with Gasteiger partial charge in [0.2, 0.25) is 5.78 Å². The predicted octanol–water partition coefficient (Wildman–Crippen LogP) is 4.28. The Kier molecular flexibility index (Phi) is 6.80. The van der Waals surface area contributed by atoms with E-state index in [1.165, 1.54) is 7.11 Å². The summed E-state index contributed by atoms with van der Waals surface area (Å²) < 4.78 is 12.3. The average molecular weight is 448 g/mol. The number of rotatable bonds is 9. The zero-order valence-electron chi connectivity index (χ0n) is 17.6. The molecule has 7 nitrogen and oxygen atoms in total. The van der Waals surface area contributed by atoms with Crippen molar-refractivity contribution in [2.75, 3.05) is 13.7 Å². The van der Waals surface area contributed by atoms with Gasteiger partial charge in [-0.3, -0.25) is 9.59 Å². The number of fused-ring (bicyclic) bond motifs is 1. The maximum atomic E-state index is 13.3.